The molecule has 1 heterocycles. The largest absolute Gasteiger partial charge is 0.374 e. The van der Waals surface area contributed by atoms with Gasteiger partial charge >= 0.3 is 0 Å². The third kappa shape index (κ3) is 3.46. The van der Waals surface area contributed by atoms with E-state index < -0.39 is 0 Å². The SMILES string of the molecule is C=C(CC)CN1CCOC(CN)C1. The summed E-state index contributed by atoms with van der Waals surface area (Å²) >= 11 is 0. The van der Waals surface area contributed by atoms with E-state index in [-0.39, 0.29) is 6.10 Å². The van der Waals surface area contributed by atoms with Crippen LogP contribution in [0.3, 0.4) is 0 Å². The van der Waals surface area contributed by atoms with Crippen LogP contribution in [0.4, 0.5) is 0 Å². The standard InChI is InChI=1S/C10H20N2O/c1-3-9(2)7-12-4-5-13-10(6-11)8-12/h10H,2-8,11H2,1H3. The smallest absolute Gasteiger partial charge is 0.0824 e. The van der Waals surface area contributed by atoms with Crippen LogP contribution in [-0.2, 0) is 4.74 Å². The first-order chi connectivity index (χ1) is 6.26. The van der Waals surface area contributed by atoms with Gasteiger partial charge in [0.2, 0.25) is 0 Å². The van der Waals surface area contributed by atoms with Crippen LogP contribution in [0.15, 0.2) is 12.2 Å². The number of hydrogen-bond acceptors (Lipinski definition) is 3. The van der Waals surface area contributed by atoms with Crippen LogP contribution in [0.1, 0.15) is 13.3 Å². The van der Waals surface area contributed by atoms with E-state index in [2.05, 4.69) is 18.4 Å². The minimum absolute atomic E-state index is 0.221. The van der Waals surface area contributed by atoms with Crippen LogP contribution in [-0.4, -0.2) is 43.8 Å². The maximum Gasteiger partial charge on any atom is 0.0824 e. The zero-order chi connectivity index (χ0) is 9.68. The molecule has 13 heavy (non-hydrogen) atoms. The molecule has 0 amide bonds. The van der Waals surface area contributed by atoms with E-state index in [9.17, 15) is 0 Å². The second-order valence-electron chi connectivity index (χ2n) is 3.57. The number of morpholine rings is 1. The van der Waals surface area contributed by atoms with Crippen molar-refractivity contribution in [3.05, 3.63) is 12.2 Å². The summed E-state index contributed by atoms with van der Waals surface area (Å²) in [6.45, 7) is 10.5. The lowest BCUT2D eigenvalue weighted by Crippen LogP contribution is -2.46. The molecule has 1 saturated heterocycles. The lowest BCUT2D eigenvalue weighted by molar-refractivity contribution is -0.0200. The van der Waals surface area contributed by atoms with Crippen LogP contribution >= 0.6 is 0 Å². The molecule has 0 aromatic carbocycles. The molecule has 1 unspecified atom stereocenters. The quantitative estimate of drug-likeness (QED) is 0.651. The van der Waals surface area contributed by atoms with Gasteiger partial charge in [-0.2, -0.15) is 0 Å². The molecular formula is C10H20N2O. The van der Waals surface area contributed by atoms with Gasteiger partial charge in [-0.05, 0) is 6.42 Å². The maximum atomic E-state index is 5.55. The number of rotatable bonds is 4. The van der Waals surface area contributed by atoms with E-state index in [4.69, 9.17) is 10.5 Å². The molecule has 3 heteroatoms. The molecule has 3 nitrogen and oxygen atoms in total. The number of ether oxygens (including phenoxy) is 1. The summed E-state index contributed by atoms with van der Waals surface area (Å²) in [5, 5.41) is 0. The van der Waals surface area contributed by atoms with Gasteiger partial charge in [-0.1, -0.05) is 19.1 Å². The summed E-state index contributed by atoms with van der Waals surface area (Å²) in [5.41, 5.74) is 6.84. The molecular weight excluding hydrogens is 164 g/mol. The predicted molar refractivity (Wildman–Crippen MR) is 54.7 cm³/mol. The highest BCUT2D eigenvalue weighted by molar-refractivity contribution is 4.96. The first-order valence-electron chi connectivity index (χ1n) is 4.97. The fourth-order valence-corrected chi connectivity index (χ4v) is 1.49. The molecule has 0 saturated carbocycles. The van der Waals surface area contributed by atoms with E-state index in [0.29, 0.717) is 6.54 Å². The Morgan fingerprint density at radius 3 is 3.08 bits per heavy atom. The fraction of sp³-hybridized carbons (Fsp3) is 0.800. The molecule has 2 N–H and O–H groups in total. The van der Waals surface area contributed by atoms with E-state index in [1.165, 1.54) is 5.57 Å². The molecule has 76 valence electrons. The zero-order valence-corrected chi connectivity index (χ0v) is 8.46. The van der Waals surface area contributed by atoms with Gasteiger partial charge in [0, 0.05) is 26.2 Å². The third-order valence-corrected chi connectivity index (χ3v) is 2.43. The van der Waals surface area contributed by atoms with Gasteiger partial charge in [-0.3, -0.25) is 4.90 Å². The molecule has 1 rings (SSSR count). The average Bonchev–Trinajstić information content (AvgIpc) is 2.18. The average molecular weight is 184 g/mol. The Bertz CT molecular complexity index is 170. The van der Waals surface area contributed by atoms with Crippen LogP contribution in [0.5, 0.6) is 0 Å². The first-order valence-corrected chi connectivity index (χ1v) is 4.97. The highest BCUT2D eigenvalue weighted by Gasteiger charge is 2.18. The Kier molecular flexibility index (Phi) is 4.42. The Morgan fingerprint density at radius 1 is 1.69 bits per heavy atom. The van der Waals surface area contributed by atoms with E-state index in [1.807, 2.05) is 0 Å². The van der Waals surface area contributed by atoms with Gasteiger partial charge in [0.05, 0.1) is 12.7 Å². The van der Waals surface area contributed by atoms with Crippen LogP contribution in [0.25, 0.3) is 0 Å². The van der Waals surface area contributed by atoms with Crippen molar-refractivity contribution in [1.82, 2.24) is 4.90 Å². The zero-order valence-electron chi connectivity index (χ0n) is 8.46. The van der Waals surface area contributed by atoms with Crippen LogP contribution < -0.4 is 5.73 Å². The first kappa shape index (κ1) is 10.7. The molecule has 1 aliphatic rings. The van der Waals surface area contributed by atoms with Gasteiger partial charge in [0.15, 0.2) is 0 Å². The normalized spacial score (nSPS) is 24.6. The summed E-state index contributed by atoms with van der Waals surface area (Å²) in [6, 6.07) is 0. The number of nitrogens with zero attached hydrogens (tertiary/aromatic N) is 1. The molecule has 0 aromatic heterocycles. The topological polar surface area (TPSA) is 38.5 Å². The summed E-state index contributed by atoms with van der Waals surface area (Å²) in [4.78, 5) is 2.37. The highest BCUT2D eigenvalue weighted by atomic mass is 16.5. The predicted octanol–water partition coefficient (Wildman–Crippen LogP) is 0.612. The van der Waals surface area contributed by atoms with E-state index >= 15 is 0 Å². The van der Waals surface area contributed by atoms with E-state index in [1.54, 1.807) is 0 Å². The third-order valence-electron chi connectivity index (χ3n) is 2.43. The molecule has 1 fully saturated rings. The second-order valence-corrected chi connectivity index (χ2v) is 3.57. The van der Waals surface area contributed by atoms with Gasteiger partial charge in [-0.15, -0.1) is 0 Å². The van der Waals surface area contributed by atoms with Gasteiger partial charge in [0.25, 0.3) is 0 Å². The van der Waals surface area contributed by atoms with Crippen molar-refractivity contribution in [3.63, 3.8) is 0 Å². The monoisotopic (exact) mass is 184 g/mol. The van der Waals surface area contributed by atoms with Crippen molar-refractivity contribution >= 4 is 0 Å². The summed E-state index contributed by atoms with van der Waals surface area (Å²) in [5.74, 6) is 0. The fourth-order valence-electron chi connectivity index (χ4n) is 1.49. The summed E-state index contributed by atoms with van der Waals surface area (Å²) in [7, 11) is 0. The molecule has 1 aliphatic heterocycles. The lowest BCUT2D eigenvalue weighted by Gasteiger charge is -2.32. The van der Waals surface area contributed by atoms with Crippen molar-refractivity contribution in [2.75, 3.05) is 32.8 Å². The Morgan fingerprint density at radius 2 is 2.46 bits per heavy atom. The van der Waals surface area contributed by atoms with Gasteiger partial charge in [0.1, 0.15) is 0 Å². The molecule has 0 spiro atoms. The highest BCUT2D eigenvalue weighted by Crippen LogP contribution is 2.07. The molecule has 0 aromatic rings. The molecule has 1 atom stereocenters. The summed E-state index contributed by atoms with van der Waals surface area (Å²) < 4.78 is 5.48. The van der Waals surface area contributed by atoms with Gasteiger partial charge < -0.3 is 10.5 Å². The van der Waals surface area contributed by atoms with Crippen LogP contribution in [0, 0.1) is 0 Å². The van der Waals surface area contributed by atoms with Crippen molar-refractivity contribution in [2.24, 2.45) is 5.73 Å². The Balaban J connectivity index is 2.29. The molecule has 0 radical (unpaired) electrons. The van der Waals surface area contributed by atoms with Crippen molar-refractivity contribution < 1.29 is 4.74 Å². The minimum Gasteiger partial charge on any atom is -0.374 e. The second kappa shape index (κ2) is 5.37. The lowest BCUT2D eigenvalue weighted by atomic mass is 10.2. The maximum absolute atomic E-state index is 5.55. The summed E-state index contributed by atoms with van der Waals surface area (Å²) in [6.07, 6.45) is 1.28. The number of nitrogens with two attached hydrogens (primary N) is 1. The van der Waals surface area contributed by atoms with Crippen LogP contribution in [0.2, 0.25) is 0 Å². The van der Waals surface area contributed by atoms with Crippen molar-refractivity contribution in [3.8, 4) is 0 Å². The Hall–Kier alpha value is -0.380. The van der Waals surface area contributed by atoms with E-state index in [0.717, 1.165) is 32.7 Å². The minimum atomic E-state index is 0.221. The molecule has 0 aliphatic carbocycles. The Labute approximate surface area is 80.5 Å². The van der Waals surface area contributed by atoms with Crippen molar-refractivity contribution in [2.45, 2.75) is 19.4 Å². The van der Waals surface area contributed by atoms with Gasteiger partial charge in [-0.25, -0.2) is 0 Å². The molecule has 0 bridgehead atoms. The van der Waals surface area contributed by atoms with Crippen molar-refractivity contribution in [1.29, 1.82) is 0 Å². The number of hydrogen-bond donors (Lipinski definition) is 1.